The molecule has 1 unspecified atom stereocenters. The standard InChI is InChI=1S/C28H37NO4/c1-16(2)9-19-11-23(12-19)28-27(20-7-8-20)24(29-33-28)13-22(15-26(31)32)25(30)14-21-6-5-17(3)10-18(21)4/h5-6,10,16,19-20,22-23H,7-9,11-15H2,1-4H3,(H,31,32). The zero-order valence-electron chi connectivity index (χ0n) is 20.4. The Morgan fingerprint density at radius 1 is 1.15 bits per heavy atom. The van der Waals surface area contributed by atoms with Gasteiger partial charge in [0.1, 0.15) is 11.5 Å². The highest BCUT2D eigenvalue weighted by atomic mass is 16.5. The molecule has 1 aromatic heterocycles. The summed E-state index contributed by atoms with van der Waals surface area (Å²) in [6.07, 6.45) is 6.25. The van der Waals surface area contributed by atoms with E-state index in [9.17, 15) is 14.7 Å². The van der Waals surface area contributed by atoms with Gasteiger partial charge in [-0.1, -0.05) is 42.8 Å². The summed E-state index contributed by atoms with van der Waals surface area (Å²) in [4.78, 5) is 24.8. The van der Waals surface area contributed by atoms with Crippen LogP contribution in [0.3, 0.4) is 0 Å². The van der Waals surface area contributed by atoms with Gasteiger partial charge in [0.15, 0.2) is 0 Å². The molecular weight excluding hydrogens is 414 g/mol. The lowest BCUT2D eigenvalue weighted by atomic mass is 9.69. The van der Waals surface area contributed by atoms with Crippen molar-refractivity contribution in [2.45, 2.75) is 90.9 Å². The van der Waals surface area contributed by atoms with Crippen molar-refractivity contribution in [3.05, 3.63) is 51.9 Å². The quantitative estimate of drug-likeness (QED) is 0.443. The number of hydrogen-bond acceptors (Lipinski definition) is 4. The molecule has 33 heavy (non-hydrogen) atoms. The summed E-state index contributed by atoms with van der Waals surface area (Å²) in [6.45, 7) is 8.57. The highest BCUT2D eigenvalue weighted by Gasteiger charge is 2.40. The molecule has 0 amide bonds. The largest absolute Gasteiger partial charge is 0.481 e. The Balaban J connectivity index is 1.50. The van der Waals surface area contributed by atoms with E-state index in [4.69, 9.17) is 4.52 Å². The van der Waals surface area contributed by atoms with E-state index < -0.39 is 11.9 Å². The monoisotopic (exact) mass is 451 g/mol. The van der Waals surface area contributed by atoms with Crippen LogP contribution in [-0.2, 0) is 22.4 Å². The van der Waals surface area contributed by atoms with E-state index in [0.29, 0.717) is 24.2 Å². The van der Waals surface area contributed by atoms with Gasteiger partial charge < -0.3 is 9.63 Å². The third kappa shape index (κ3) is 5.74. The molecule has 1 heterocycles. The minimum Gasteiger partial charge on any atom is -0.481 e. The molecule has 0 aliphatic heterocycles. The Morgan fingerprint density at radius 2 is 1.88 bits per heavy atom. The number of aliphatic carboxylic acids is 1. The molecule has 4 rings (SSSR count). The molecule has 2 aliphatic rings. The summed E-state index contributed by atoms with van der Waals surface area (Å²) in [6, 6.07) is 6.05. The number of aromatic nitrogens is 1. The van der Waals surface area contributed by atoms with Crippen LogP contribution in [0.4, 0.5) is 0 Å². The molecule has 5 nitrogen and oxygen atoms in total. The average Bonchev–Trinajstić information content (AvgIpc) is 3.46. The molecule has 0 spiro atoms. The first kappa shape index (κ1) is 23.7. The van der Waals surface area contributed by atoms with Crippen molar-refractivity contribution in [1.29, 1.82) is 0 Å². The minimum absolute atomic E-state index is 0.0312. The van der Waals surface area contributed by atoms with Crippen LogP contribution in [0.25, 0.3) is 0 Å². The number of rotatable bonds is 11. The highest BCUT2D eigenvalue weighted by Crippen LogP contribution is 2.51. The second-order valence-electron chi connectivity index (χ2n) is 10.9. The van der Waals surface area contributed by atoms with Crippen LogP contribution in [0.2, 0.25) is 0 Å². The van der Waals surface area contributed by atoms with Crippen LogP contribution in [0.5, 0.6) is 0 Å². The normalized spacial score (nSPS) is 21.1. The molecule has 1 aromatic carbocycles. The van der Waals surface area contributed by atoms with Crippen LogP contribution < -0.4 is 0 Å². The number of Topliss-reactive ketones (excluding diaryl/α,β-unsaturated/α-hetero) is 1. The Hall–Kier alpha value is -2.43. The maximum absolute atomic E-state index is 13.2. The lowest BCUT2D eigenvalue weighted by molar-refractivity contribution is -0.140. The van der Waals surface area contributed by atoms with E-state index >= 15 is 0 Å². The molecule has 0 bridgehead atoms. The number of nitrogens with zero attached hydrogens (tertiary/aromatic N) is 1. The first-order valence-electron chi connectivity index (χ1n) is 12.5. The van der Waals surface area contributed by atoms with Gasteiger partial charge in [0, 0.05) is 30.2 Å². The van der Waals surface area contributed by atoms with E-state index in [-0.39, 0.29) is 18.6 Å². The molecule has 1 atom stereocenters. The Morgan fingerprint density at radius 3 is 2.48 bits per heavy atom. The number of carbonyl (C=O) groups is 2. The average molecular weight is 452 g/mol. The van der Waals surface area contributed by atoms with Crippen molar-refractivity contribution in [1.82, 2.24) is 5.16 Å². The third-order valence-corrected chi connectivity index (χ3v) is 7.41. The number of ketones is 1. The number of hydrogen-bond donors (Lipinski definition) is 1. The molecule has 1 N–H and O–H groups in total. The van der Waals surface area contributed by atoms with E-state index in [1.165, 1.54) is 12.0 Å². The van der Waals surface area contributed by atoms with Gasteiger partial charge in [-0.25, -0.2) is 0 Å². The molecule has 0 radical (unpaired) electrons. The van der Waals surface area contributed by atoms with Gasteiger partial charge in [-0.15, -0.1) is 0 Å². The Labute approximate surface area is 196 Å². The Kier molecular flexibility index (Phi) is 7.06. The molecule has 0 saturated heterocycles. The first-order chi connectivity index (χ1) is 15.7. The van der Waals surface area contributed by atoms with Gasteiger partial charge in [-0.05, 0) is 74.8 Å². The smallest absolute Gasteiger partial charge is 0.304 e. The van der Waals surface area contributed by atoms with Crippen molar-refractivity contribution in [3.8, 4) is 0 Å². The predicted octanol–water partition coefficient (Wildman–Crippen LogP) is 6.15. The molecule has 2 fully saturated rings. The van der Waals surface area contributed by atoms with Crippen LogP contribution in [0.1, 0.15) is 97.9 Å². The van der Waals surface area contributed by atoms with E-state index in [0.717, 1.165) is 59.7 Å². The topological polar surface area (TPSA) is 80.4 Å². The second kappa shape index (κ2) is 9.82. The first-order valence-corrected chi connectivity index (χ1v) is 12.5. The summed E-state index contributed by atoms with van der Waals surface area (Å²) in [5.74, 6) is 1.81. The lowest BCUT2D eigenvalue weighted by Gasteiger charge is -2.35. The van der Waals surface area contributed by atoms with E-state index in [2.05, 4.69) is 25.1 Å². The third-order valence-electron chi connectivity index (χ3n) is 7.41. The zero-order valence-corrected chi connectivity index (χ0v) is 20.4. The van der Waals surface area contributed by atoms with Crippen LogP contribution in [0, 0.1) is 31.6 Å². The fourth-order valence-corrected chi connectivity index (χ4v) is 5.52. The molecular formula is C28H37NO4. The fourth-order valence-electron chi connectivity index (χ4n) is 5.52. The fraction of sp³-hybridized carbons (Fsp3) is 0.607. The van der Waals surface area contributed by atoms with Crippen molar-refractivity contribution in [3.63, 3.8) is 0 Å². The maximum atomic E-state index is 13.2. The van der Waals surface area contributed by atoms with Gasteiger partial charge in [0.05, 0.1) is 12.1 Å². The van der Waals surface area contributed by atoms with Gasteiger partial charge in [0.2, 0.25) is 0 Å². The zero-order chi connectivity index (χ0) is 23.7. The number of carboxylic acid groups (broad SMARTS) is 1. The van der Waals surface area contributed by atoms with E-state index in [1.807, 2.05) is 26.0 Å². The summed E-state index contributed by atoms with van der Waals surface area (Å²) in [5, 5.41) is 13.9. The van der Waals surface area contributed by atoms with Crippen molar-refractivity contribution < 1.29 is 19.2 Å². The van der Waals surface area contributed by atoms with Crippen LogP contribution in [-0.4, -0.2) is 22.0 Å². The van der Waals surface area contributed by atoms with Gasteiger partial charge in [0.25, 0.3) is 0 Å². The van der Waals surface area contributed by atoms with Crippen molar-refractivity contribution in [2.75, 3.05) is 0 Å². The lowest BCUT2D eigenvalue weighted by Crippen LogP contribution is -2.24. The molecule has 2 aromatic rings. The van der Waals surface area contributed by atoms with E-state index in [1.54, 1.807) is 0 Å². The van der Waals surface area contributed by atoms with Crippen molar-refractivity contribution in [2.24, 2.45) is 17.8 Å². The molecule has 178 valence electrons. The summed E-state index contributed by atoms with van der Waals surface area (Å²) < 4.78 is 5.88. The molecule has 2 saturated carbocycles. The molecule has 5 heteroatoms. The van der Waals surface area contributed by atoms with Gasteiger partial charge >= 0.3 is 5.97 Å². The molecule has 2 aliphatic carbocycles. The van der Waals surface area contributed by atoms with Crippen LogP contribution >= 0.6 is 0 Å². The van der Waals surface area contributed by atoms with Gasteiger partial charge in [-0.3, -0.25) is 9.59 Å². The number of aryl methyl sites for hydroxylation is 2. The maximum Gasteiger partial charge on any atom is 0.304 e. The SMILES string of the molecule is Cc1ccc(CC(=O)C(CC(=O)O)Cc2noc(C3CC(CC(C)C)C3)c2C2CC2)c(C)c1. The van der Waals surface area contributed by atoms with Gasteiger partial charge in [-0.2, -0.15) is 0 Å². The summed E-state index contributed by atoms with van der Waals surface area (Å²) in [5.41, 5.74) is 5.20. The summed E-state index contributed by atoms with van der Waals surface area (Å²) in [7, 11) is 0. The van der Waals surface area contributed by atoms with Crippen LogP contribution in [0.15, 0.2) is 22.7 Å². The minimum atomic E-state index is -0.943. The number of benzene rings is 1. The second-order valence-corrected chi connectivity index (χ2v) is 10.9. The summed E-state index contributed by atoms with van der Waals surface area (Å²) >= 11 is 0. The highest BCUT2D eigenvalue weighted by molar-refractivity contribution is 5.87. The predicted molar refractivity (Wildman–Crippen MR) is 127 cm³/mol. The Bertz CT molecular complexity index is 1010. The number of carbonyl (C=O) groups excluding carboxylic acids is 1. The van der Waals surface area contributed by atoms with Crippen molar-refractivity contribution >= 4 is 11.8 Å². The number of carboxylic acids is 1.